The number of nitrogens with one attached hydrogen (secondary N) is 2. The number of amides is 2. The van der Waals surface area contributed by atoms with Gasteiger partial charge < -0.3 is 10.6 Å². The quantitative estimate of drug-likeness (QED) is 0.182. The van der Waals surface area contributed by atoms with E-state index in [1.54, 1.807) is 36.4 Å². The number of anilines is 2. The summed E-state index contributed by atoms with van der Waals surface area (Å²) in [6.07, 6.45) is 3.15. The number of rotatable bonds is 10. The molecule has 1 fully saturated rings. The first-order valence-electron chi connectivity index (χ1n) is 13.0. The fraction of sp³-hybridized carbons (Fsp3) is 0.308. The van der Waals surface area contributed by atoms with Gasteiger partial charge in [0.2, 0.25) is 22.1 Å². The molecular formula is C26H24N8O6S2. The van der Waals surface area contributed by atoms with Gasteiger partial charge in [-0.05, 0) is 19.3 Å². The lowest BCUT2D eigenvalue weighted by Gasteiger charge is -2.25. The third kappa shape index (κ3) is 6.95. The third-order valence-electron chi connectivity index (χ3n) is 6.83. The molecular weight excluding hydrogens is 584 g/mol. The van der Waals surface area contributed by atoms with E-state index in [2.05, 4.69) is 31.0 Å². The Labute approximate surface area is 246 Å². The van der Waals surface area contributed by atoms with E-state index in [-0.39, 0.29) is 36.1 Å². The number of para-hydroxylation sites is 2. The fourth-order valence-corrected chi connectivity index (χ4v) is 6.70. The molecule has 1 saturated carbocycles. The number of hydrogen-bond donors (Lipinski definition) is 2. The molecule has 2 aromatic heterocycles. The van der Waals surface area contributed by atoms with Crippen molar-refractivity contribution in [1.29, 1.82) is 0 Å². The van der Waals surface area contributed by atoms with E-state index < -0.39 is 21.7 Å². The molecule has 4 aromatic rings. The molecule has 16 heteroatoms. The molecule has 0 spiro atoms. The first kappa shape index (κ1) is 28.8. The molecule has 0 saturated heterocycles. The third-order valence-corrected chi connectivity index (χ3v) is 8.83. The second kappa shape index (κ2) is 12.9. The number of carbonyl (C=O) groups excluding carboxylic acids is 2. The van der Waals surface area contributed by atoms with Crippen LogP contribution < -0.4 is 10.6 Å². The molecule has 1 aliphatic rings. The van der Waals surface area contributed by atoms with Crippen LogP contribution in [0.1, 0.15) is 58.7 Å². The number of benzene rings is 2. The van der Waals surface area contributed by atoms with E-state index in [0.717, 1.165) is 35.7 Å². The van der Waals surface area contributed by atoms with E-state index in [4.69, 9.17) is 0 Å². The van der Waals surface area contributed by atoms with E-state index in [1.807, 2.05) is 0 Å². The molecule has 1 aliphatic carbocycles. The molecule has 0 bridgehead atoms. The zero-order valence-corrected chi connectivity index (χ0v) is 23.6. The number of carbonyl (C=O) groups is 2. The molecule has 42 heavy (non-hydrogen) atoms. The molecule has 5 rings (SSSR count). The van der Waals surface area contributed by atoms with Crippen molar-refractivity contribution in [2.75, 3.05) is 10.6 Å². The summed E-state index contributed by atoms with van der Waals surface area (Å²) in [5, 5.41) is 46.8. The second-order valence-corrected chi connectivity index (χ2v) is 11.7. The van der Waals surface area contributed by atoms with Crippen LogP contribution >= 0.6 is 22.7 Å². The summed E-state index contributed by atoms with van der Waals surface area (Å²) in [6.45, 7) is 0. The number of nitrogens with zero attached hydrogens (tertiary/aromatic N) is 6. The molecule has 216 valence electrons. The van der Waals surface area contributed by atoms with Gasteiger partial charge >= 0.3 is 0 Å². The van der Waals surface area contributed by atoms with Gasteiger partial charge in [0.15, 0.2) is 0 Å². The van der Waals surface area contributed by atoms with Crippen LogP contribution in [-0.4, -0.2) is 42.1 Å². The van der Waals surface area contributed by atoms with Gasteiger partial charge in [-0.1, -0.05) is 65.5 Å². The molecule has 14 nitrogen and oxygen atoms in total. The van der Waals surface area contributed by atoms with Gasteiger partial charge in [0.25, 0.3) is 11.4 Å². The number of hydrogen-bond acceptors (Lipinski definition) is 12. The Morgan fingerprint density at radius 1 is 0.738 bits per heavy atom. The van der Waals surface area contributed by atoms with E-state index in [0.29, 0.717) is 21.4 Å². The van der Waals surface area contributed by atoms with Gasteiger partial charge in [-0.25, -0.2) is 0 Å². The normalized spacial score (nSPS) is 16.5. The van der Waals surface area contributed by atoms with E-state index in [1.165, 1.54) is 34.8 Å². The SMILES string of the molecule is O=C(Cc1ccccc1[N+](=O)[O-])Nc1nnc([C@H]2CCC[C@H](c3nnc(NC(=O)Cc4ccccc4[N+](=O)[O-])s3)C2)s1. The summed E-state index contributed by atoms with van der Waals surface area (Å²) >= 11 is 2.56. The average Bonchev–Trinajstić information content (AvgIpc) is 3.63. The lowest BCUT2D eigenvalue weighted by molar-refractivity contribution is -0.385. The van der Waals surface area contributed by atoms with Crippen molar-refractivity contribution in [2.45, 2.75) is 50.4 Å². The van der Waals surface area contributed by atoms with Crippen LogP contribution in [0.2, 0.25) is 0 Å². The standard InChI is InChI=1S/C26H24N8O6S2/c35-21(13-15-6-1-3-10-19(15)33(37)38)27-25-31-29-23(41-25)17-8-5-9-18(12-17)24-30-32-26(42-24)28-22(36)14-16-7-2-4-11-20(16)34(39)40/h1-4,6-7,10-11,17-18H,5,8-9,12-14H2,(H,27,31,35)(H,28,32,36)/t17-,18-/m0/s1. The van der Waals surface area contributed by atoms with Crippen molar-refractivity contribution in [3.05, 3.63) is 89.9 Å². The topological polar surface area (TPSA) is 196 Å². The lowest BCUT2D eigenvalue weighted by atomic mass is 9.82. The second-order valence-electron chi connectivity index (χ2n) is 9.67. The van der Waals surface area contributed by atoms with Gasteiger partial charge in [0.1, 0.15) is 10.0 Å². The van der Waals surface area contributed by atoms with Gasteiger partial charge in [0, 0.05) is 35.1 Å². The maximum Gasteiger partial charge on any atom is 0.273 e. The van der Waals surface area contributed by atoms with Crippen LogP contribution in [0.25, 0.3) is 0 Å². The molecule has 0 unspecified atom stereocenters. The monoisotopic (exact) mass is 608 g/mol. The number of nitro benzene ring substituents is 2. The summed E-state index contributed by atoms with van der Waals surface area (Å²) in [6, 6.07) is 12.2. The first-order valence-corrected chi connectivity index (χ1v) is 14.6. The Kier molecular flexibility index (Phi) is 8.83. The summed E-state index contributed by atoms with van der Waals surface area (Å²) in [7, 11) is 0. The van der Waals surface area contributed by atoms with E-state index in [9.17, 15) is 29.8 Å². The molecule has 2 aromatic carbocycles. The number of nitro groups is 2. The smallest absolute Gasteiger partial charge is 0.273 e. The maximum atomic E-state index is 12.5. The molecule has 2 heterocycles. The Balaban J connectivity index is 1.17. The van der Waals surface area contributed by atoms with Crippen LogP contribution in [-0.2, 0) is 22.4 Å². The van der Waals surface area contributed by atoms with E-state index >= 15 is 0 Å². The minimum atomic E-state index is -0.515. The van der Waals surface area contributed by atoms with Crippen molar-refractivity contribution in [1.82, 2.24) is 20.4 Å². The van der Waals surface area contributed by atoms with Crippen molar-refractivity contribution >= 4 is 56.1 Å². The summed E-state index contributed by atoms with van der Waals surface area (Å²) in [5.74, 6) is -0.636. The fourth-order valence-electron chi connectivity index (χ4n) is 4.89. The highest BCUT2D eigenvalue weighted by Crippen LogP contribution is 2.43. The Bertz CT molecular complexity index is 1520. The lowest BCUT2D eigenvalue weighted by Crippen LogP contribution is -2.15. The van der Waals surface area contributed by atoms with Crippen LogP contribution in [0.5, 0.6) is 0 Å². The Morgan fingerprint density at radius 2 is 1.17 bits per heavy atom. The number of aromatic nitrogens is 4. The van der Waals surface area contributed by atoms with Crippen LogP contribution in [0.15, 0.2) is 48.5 Å². The van der Waals surface area contributed by atoms with Gasteiger partial charge in [-0.15, -0.1) is 20.4 Å². The average molecular weight is 609 g/mol. The maximum absolute atomic E-state index is 12.5. The molecule has 2 amide bonds. The summed E-state index contributed by atoms with van der Waals surface area (Å²) in [4.78, 5) is 46.5. The largest absolute Gasteiger partial charge is 0.300 e. The van der Waals surface area contributed by atoms with Gasteiger partial charge in [0.05, 0.1) is 22.7 Å². The summed E-state index contributed by atoms with van der Waals surface area (Å²) < 4.78 is 0. The molecule has 2 atom stereocenters. The van der Waals surface area contributed by atoms with Crippen LogP contribution in [0.3, 0.4) is 0 Å². The van der Waals surface area contributed by atoms with Crippen LogP contribution in [0, 0.1) is 20.2 Å². The van der Waals surface area contributed by atoms with Crippen molar-refractivity contribution < 1.29 is 19.4 Å². The van der Waals surface area contributed by atoms with Crippen molar-refractivity contribution in [2.24, 2.45) is 0 Å². The minimum absolute atomic E-state index is 0.0997. The van der Waals surface area contributed by atoms with Gasteiger partial charge in [-0.3, -0.25) is 29.8 Å². The predicted molar refractivity (Wildman–Crippen MR) is 155 cm³/mol. The molecule has 2 N–H and O–H groups in total. The van der Waals surface area contributed by atoms with Gasteiger partial charge in [-0.2, -0.15) is 0 Å². The predicted octanol–water partition coefficient (Wildman–Crippen LogP) is 5.01. The van der Waals surface area contributed by atoms with Crippen molar-refractivity contribution in [3.63, 3.8) is 0 Å². The first-order chi connectivity index (χ1) is 20.3. The highest BCUT2D eigenvalue weighted by Gasteiger charge is 2.30. The minimum Gasteiger partial charge on any atom is -0.300 e. The summed E-state index contributed by atoms with van der Waals surface area (Å²) in [5.41, 5.74) is 0.402. The highest BCUT2D eigenvalue weighted by molar-refractivity contribution is 7.15. The zero-order valence-electron chi connectivity index (χ0n) is 22.0. The zero-order chi connectivity index (χ0) is 29.6. The Morgan fingerprint density at radius 3 is 1.60 bits per heavy atom. The Hall–Kier alpha value is -4.70. The molecule has 0 radical (unpaired) electrons. The van der Waals surface area contributed by atoms with Crippen molar-refractivity contribution in [3.8, 4) is 0 Å². The molecule has 0 aliphatic heterocycles. The highest BCUT2D eigenvalue weighted by atomic mass is 32.1. The van der Waals surface area contributed by atoms with Crippen LogP contribution in [0.4, 0.5) is 21.6 Å².